The lowest BCUT2D eigenvalue weighted by Crippen LogP contribution is -2.49. The third-order valence-electron chi connectivity index (χ3n) is 3.88. The Bertz CT molecular complexity index is 663. The van der Waals surface area contributed by atoms with Crippen LogP contribution in [0.3, 0.4) is 0 Å². The molecule has 0 aliphatic carbocycles. The van der Waals surface area contributed by atoms with Crippen molar-refractivity contribution < 1.29 is 13.2 Å². The van der Waals surface area contributed by atoms with E-state index in [0.717, 1.165) is 24.3 Å². The molecule has 1 aromatic heterocycles. The topological polar surface area (TPSA) is 105 Å². The highest BCUT2D eigenvalue weighted by atomic mass is 35.5. The summed E-state index contributed by atoms with van der Waals surface area (Å²) in [6, 6.07) is -0.211. The van der Waals surface area contributed by atoms with Crippen molar-refractivity contribution in [2.75, 3.05) is 19.6 Å². The first-order chi connectivity index (χ1) is 10.9. The SMILES string of the molecule is Cc1nc(C)c(S(=O)(=O)N2CCCCC2CNC(=O)CCN)s1.Cl. The smallest absolute Gasteiger partial charge is 0.254 e. The number of thiazole rings is 1. The van der Waals surface area contributed by atoms with Crippen LogP contribution in [-0.2, 0) is 14.8 Å². The molecule has 1 aromatic rings. The number of aryl methyl sites for hydroxylation is 2. The molecule has 1 saturated heterocycles. The van der Waals surface area contributed by atoms with E-state index in [0.29, 0.717) is 23.0 Å². The molecular weight excluding hydrogens is 372 g/mol. The van der Waals surface area contributed by atoms with Gasteiger partial charge in [-0.25, -0.2) is 13.4 Å². The zero-order valence-electron chi connectivity index (χ0n) is 13.9. The first-order valence-electron chi connectivity index (χ1n) is 7.79. The number of amides is 1. The van der Waals surface area contributed by atoms with Gasteiger partial charge in [-0.1, -0.05) is 6.42 Å². The summed E-state index contributed by atoms with van der Waals surface area (Å²) in [5.74, 6) is -0.139. The average Bonchev–Trinajstić information content (AvgIpc) is 2.85. The van der Waals surface area contributed by atoms with Gasteiger partial charge < -0.3 is 11.1 Å². The number of carbonyl (C=O) groups excluding carboxylic acids is 1. The summed E-state index contributed by atoms with van der Waals surface area (Å²) in [6.07, 6.45) is 2.80. The number of nitrogens with one attached hydrogen (secondary N) is 1. The van der Waals surface area contributed by atoms with Gasteiger partial charge in [-0.05, 0) is 26.7 Å². The number of hydrogen-bond donors (Lipinski definition) is 2. The van der Waals surface area contributed by atoms with Crippen LogP contribution >= 0.6 is 23.7 Å². The molecule has 138 valence electrons. The van der Waals surface area contributed by atoms with Crippen LogP contribution in [0.25, 0.3) is 0 Å². The van der Waals surface area contributed by atoms with E-state index >= 15 is 0 Å². The van der Waals surface area contributed by atoms with E-state index in [2.05, 4.69) is 10.3 Å². The largest absolute Gasteiger partial charge is 0.354 e. The van der Waals surface area contributed by atoms with Crippen LogP contribution < -0.4 is 11.1 Å². The Kier molecular flexibility index (Phi) is 8.07. The molecule has 10 heteroatoms. The Labute approximate surface area is 153 Å². The molecule has 0 saturated carbocycles. The number of hydrogen-bond acceptors (Lipinski definition) is 6. The maximum absolute atomic E-state index is 13.0. The molecule has 0 aromatic carbocycles. The number of carbonyl (C=O) groups is 1. The Hall–Kier alpha value is -0.740. The summed E-state index contributed by atoms with van der Waals surface area (Å²) >= 11 is 1.20. The maximum atomic E-state index is 13.0. The lowest BCUT2D eigenvalue weighted by molar-refractivity contribution is -0.121. The molecule has 1 aliphatic heterocycles. The molecule has 0 radical (unpaired) electrons. The molecule has 24 heavy (non-hydrogen) atoms. The normalized spacial score (nSPS) is 18.9. The highest BCUT2D eigenvalue weighted by Crippen LogP contribution is 2.30. The molecule has 0 spiro atoms. The number of halogens is 1. The van der Waals surface area contributed by atoms with Gasteiger partial charge in [0.2, 0.25) is 5.91 Å². The van der Waals surface area contributed by atoms with Gasteiger partial charge in [-0.2, -0.15) is 4.31 Å². The van der Waals surface area contributed by atoms with Crippen molar-refractivity contribution in [1.82, 2.24) is 14.6 Å². The van der Waals surface area contributed by atoms with Gasteiger partial charge >= 0.3 is 0 Å². The summed E-state index contributed by atoms with van der Waals surface area (Å²) in [5, 5.41) is 3.53. The van der Waals surface area contributed by atoms with E-state index in [4.69, 9.17) is 5.73 Å². The molecule has 3 N–H and O–H groups in total. The first kappa shape index (κ1) is 21.3. The average molecular weight is 397 g/mol. The van der Waals surface area contributed by atoms with E-state index in [-0.39, 0.29) is 37.3 Å². The van der Waals surface area contributed by atoms with Crippen molar-refractivity contribution in [2.24, 2.45) is 5.73 Å². The zero-order chi connectivity index (χ0) is 17.0. The molecule has 1 atom stereocenters. The van der Waals surface area contributed by atoms with Crippen LogP contribution in [0.1, 0.15) is 36.4 Å². The molecule has 2 heterocycles. The lowest BCUT2D eigenvalue weighted by atomic mass is 10.1. The Morgan fingerprint density at radius 1 is 1.42 bits per heavy atom. The van der Waals surface area contributed by atoms with Crippen molar-refractivity contribution in [1.29, 1.82) is 0 Å². The second-order valence-electron chi connectivity index (χ2n) is 5.71. The summed E-state index contributed by atoms with van der Waals surface area (Å²) in [6.45, 7) is 4.62. The number of piperidine rings is 1. The summed E-state index contributed by atoms with van der Waals surface area (Å²) < 4.78 is 27.8. The predicted molar refractivity (Wildman–Crippen MR) is 97.0 cm³/mol. The van der Waals surface area contributed by atoms with Gasteiger partial charge in [-0.15, -0.1) is 23.7 Å². The third kappa shape index (κ3) is 4.89. The van der Waals surface area contributed by atoms with Crippen LogP contribution in [0.15, 0.2) is 4.21 Å². The fraction of sp³-hybridized carbons (Fsp3) is 0.714. The van der Waals surface area contributed by atoms with Gasteiger partial charge in [0.1, 0.15) is 0 Å². The zero-order valence-corrected chi connectivity index (χ0v) is 16.4. The number of nitrogens with two attached hydrogens (primary N) is 1. The molecule has 1 aliphatic rings. The van der Waals surface area contributed by atoms with Crippen molar-refractivity contribution in [3.8, 4) is 0 Å². The molecule has 1 unspecified atom stereocenters. The monoisotopic (exact) mass is 396 g/mol. The highest BCUT2D eigenvalue weighted by Gasteiger charge is 2.35. The molecule has 2 rings (SSSR count). The minimum absolute atomic E-state index is 0. The minimum Gasteiger partial charge on any atom is -0.354 e. The van der Waals surface area contributed by atoms with Crippen LogP contribution in [0.5, 0.6) is 0 Å². The summed E-state index contributed by atoms with van der Waals surface area (Å²) in [5.41, 5.74) is 5.90. The predicted octanol–water partition coefficient (Wildman–Crippen LogP) is 1.19. The minimum atomic E-state index is -3.57. The van der Waals surface area contributed by atoms with Gasteiger partial charge in [0.05, 0.1) is 10.7 Å². The second-order valence-corrected chi connectivity index (χ2v) is 9.00. The molecule has 7 nitrogen and oxygen atoms in total. The van der Waals surface area contributed by atoms with Crippen LogP contribution in [0.2, 0.25) is 0 Å². The number of nitrogens with zero attached hydrogens (tertiary/aromatic N) is 2. The van der Waals surface area contributed by atoms with Gasteiger partial charge in [-0.3, -0.25) is 4.79 Å². The maximum Gasteiger partial charge on any atom is 0.254 e. The molecule has 1 amide bonds. The van der Waals surface area contributed by atoms with Crippen molar-refractivity contribution >= 4 is 39.7 Å². The van der Waals surface area contributed by atoms with Crippen LogP contribution in [0.4, 0.5) is 0 Å². The number of aromatic nitrogens is 1. The van der Waals surface area contributed by atoms with Crippen molar-refractivity contribution in [3.63, 3.8) is 0 Å². The first-order valence-corrected chi connectivity index (χ1v) is 10.0. The second kappa shape index (κ2) is 9.10. The fourth-order valence-corrected chi connectivity index (χ4v) is 6.09. The fourth-order valence-electron chi connectivity index (χ4n) is 2.80. The van der Waals surface area contributed by atoms with Gasteiger partial charge in [0.25, 0.3) is 10.0 Å². The van der Waals surface area contributed by atoms with Gasteiger partial charge in [0.15, 0.2) is 4.21 Å². The third-order valence-corrected chi connectivity index (χ3v) is 7.49. The number of rotatable bonds is 6. The number of sulfonamides is 1. The Morgan fingerprint density at radius 2 is 2.12 bits per heavy atom. The van der Waals surface area contributed by atoms with E-state index in [1.54, 1.807) is 13.8 Å². The van der Waals surface area contributed by atoms with Gasteiger partial charge in [0, 0.05) is 32.1 Å². The van der Waals surface area contributed by atoms with E-state index in [1.807, 2.05) is 0 Å². The Morgan fingerprint density at radius 3 is 2.71 bits per heavy atom. The van der Waals surface area contributed by atoms with E-state index in [1.165, 1.54) is 15.6 Å². The quantitative estimate of drug-likeness (QED) is 0.751. The van der Waals surface area contributed by atoms with Crippen molar-refractivity contribution in [3.05, 3.63) is 10.7 Å². The lowest BCUT2D eigenvalue weighted by Gasteiger charge is -2.34. The standard InChI is InChI=1S/C14H24N4O3S2.ClH/c1-10-14(22-11(2)17-10)23(20,21)18-8-4-3-5-12(18)9-16-13(19)6-7-15;/h12H,3-9,15H2,1-2H3,(H,16,19);1H. The van der Waals surface area contributed by atoms with Crippen LogP contribution in [0, 0.1) is 13.8 Å². The van der Waals surface area contributed by atoms with Crippen LogP contribution in [-0.4, -0.2) is 49.3 Å². The molecular formula is C14H25ClN4O3S2. The highest BCUT2D eigenvalue weighted by molar-refractivity contribution is 7.91. The molecule has 1 fully saturated rings. The summed E-state index contributed by atoms with van der Waals surface area (Å²) in [7, 11) is -3.57. The van der Waals surface area contributed by atoms with Crippen molar-refractivity contribution in [2.45, 2.75) is 49.8 Å². The van der Waals surface area contributed by atoms with E-state index < -0.39 is 10.0 Å². The Balaban J connectivity index is 0.00000288. The van der Waals surface area contributed by atoms with E-state index in [9.17, 15) is 13.2 Å². The summed E-state index contributed by atoms with van der Waals surface area (Å²) in [4.78, 5) is 15.8. The molecule has 0 bridgehead atoms.